The monoisotopic (exact) mass is 623 g/mol. The smallest absolute Gasteiger partial charge is 0.329 e. The molecule has 0 radical (unpaired) electrons. The first-order chi connectivity index (χ1) is 21.2. The molecule has 3 saturated carbocycles. The van der Waals surface area contributed by atoms with Crippen molar-refractivity contribution in [3.05, 3.63) is 59.7 Å². The van der Waals surface area contributed by atoms with Gasteiger partial charge in [0.25, 0.3) is 0 Å². The number of carbonyl (C=O) groups excluding carboxylic acids is 4. The number of carboxylic acid groups (broad SMARTS) is 1. The van der Waals surface area contributed by atoms with Crippen LogP contribution in [0, 0.1) is 28.6 Å². The molecule has 9 atom stereocenters. The van der Waals surface area contributed by atoms with E-state index in [0.29, 0.717) is 18.4 Å². The van der Waals surface area contributed by atoms with E-state index in [1.807, 2.05) is 19.9 Å². The van der Waals surface area contributed by atoms with E-state index in [-0.39, 0.29) is 36.4 Å². The van der Waals surface area contributed by atoms with Crippen LogP contribution in [0.15, 0.2) is 54.1 Å². The molecule has 1 amide bonds. The van der Waals surface area contributed by atoms with Gasteiger partial charge in [-0.3, -0.25) is 19.2 Å². The largest absolute Gasteiger partial charge is 0.480 e. The fraction of sp³-hybridized carbons (Fsp3) is 0.559. The molecule has 11 nitrogen and oxygen atoms in total. The predicted molar refractivity (Wildman–Crippen MR) is 159 cm³/mol. The molecule has 242 valence electrons. The molecule has 0 aliphatic heterocycles. The zero-order chi connectivity index (χ0) is 32.7. The van der Waals surface area contributed by atoms with Crippen molar-refractivity contribution in [2.45, 2.75) is 82.6 Å². The Morgan fingerprint density at radius 2 is 1.80 bits per heavy atom. The molecular formula is C34H41NO10. The number of rotatable bonds is 10. The fourth-order valence-electron chi connectivity index (χ4n) is 8.71. The van der Waals surface area contributed by atoms with Crippen LogP contribution in [-0.2, 0) is 28.7 Å². The third-order valence-corrected chi connectivity index (χ3v) is 11.1. The number of aliphatic hydroxyl groups is 3. The van der Waals surface area contributed by atoms with Crippen molar-refractivity contribution in [2.24, 2.45) is 28.6 Å². The molecule has 1 aromatic rings. The zero-order valence-corrected chi connectivity index (χ0v) is 25.5. The number of Topliss-reactive ketones (excluding diaryl/α,β-unsaturated/α-hetero) is 1. The van der Waals surface area contributed by atoms with Gasteiger partial charge in [-0.05, 0) is 61.7 Å². The Morgan fingerprint density at radius 1 is 1.09 bits per heavy atom. The molecule has 0 spiro atoms. The molecule has 4 aliphatic carbocycles. The number of hydrogen-bond donors (Lipinski definition) is 5. The van der Waals surface area contributed by atoms with Crippen molar-refractivity contribution >= 4 is 29.4 Å². The summed E-state index contributed by atoms with van der Waals surface area (Å²) in [6.45, 7) is 3.16. The highest BCUT2D eigenvalue weighted by Crippen LogP contribution is 2.67. The van der Waals surface area contributed by atoms with E-state index in [0.717, 1.165) is 12.0 Å². The quantitative estimate of drug-likeness (QED) is 0.242. The Labute approximate surface area is 261 Å². The highest BCUT2D eigenvalue weighted by molar-refractivity contribution is 6.01. The number of esters is 1. The van der Waals surface area contributed by atoms with Crippen LogP contribution in [0.1, 0.15) is 70.5 Å². The number of fused-ring (bicyclic) bond motifs is 5. The van der Waals surface area contributed by atoms with Crippen LogP contribution < -0.4 is 5.32 Å². The Bertz CT molecular complexity index is 1440. The summed E-state index contributed by atoms with van der Waals surface area (Å²) in [4.78, 5) is 62.1. The highest BCUT2D eigenvalue weighted by atomic mass is 16.5. The number of aliphatic hydroxyl groups excluding tert-OH is 2. The number of allylic oxidation sites excluding steroid dienone is 4. The van der Waals surface area contributed by atoms with Crippen LogP contribution >= 0.6 is 0 Å². The van der Waals surface area contributed by atoms with E-state index < -0.39 is 77.8 Å². The fourth-order valence-corrected chi connectivity index (χ4v) is 8.71. The van der Waals surface area contributed by atoms with Gasteiger partial charge in [-0.2, -0.15) is 0 Å². The number of aliphatic carboxylic acids is 1. The number of nitrogens with one attached hydrogen (secondary N) is 1. The van der Waals surface area contributed by atoms with Gasteiger partial charge in [-0.15, -0.1) is 0 Å². The maximum Gasteiger partial charge on any atom is 0.329 e. The summed E-state index contributed by atoms with van der Waals surface area (Å²) in [6, 6.07) is 6.34. The molecule has 5 N–H and O–H groups in total. The molecule has 5 rings (SSSR count). The Morgan fingerprint density at radius 3 is 2.49 bits per heavy atom. The standard InChI is InChI=1S/C34H41NO10/c1-32-14-12-21(36)16-20(32)8-9-22-23-13-15-34(44,33(23,2)17-24(37)28(22)32)25(38)18-45-27(40)11-10-26(39)35-29(31(42)43)30(41)19-6-4-3-5-7-19/h3-7,12,14,16,22-24,28-30,37,41,44H,8-11,13,15,17-18H2,1-2H3,(H,35,39)(H,42,43)/t22-,23-,24-,28+,29+,30-,32-,33-,34-/m0/s1. The summed E-state index contributed by atoms with van der Waals surface area (Å²) < 4.78 is 5.15. The molecule has 11 heteroatoms. The van der Waals surface area contributed by atoms with Crippen molar-refractivity contribution in [1.29, 1.82) is 0 Å². The third kappa shape index (κ3) is 5.77. The van der Waals surface area contributed by atoms with Crippen LogP contribution in [0.5, 0.6) is 0 Å². The van der Waals surface area contributed by atoms with Gasteiger partial charge in [0.15, 0.2) is 18.4 Å². The first-order valence-corrected chi connectivity index (χ1v) is 15.5. The van der Waals surface area contributed by atoms with Gasteiger partial charge < -0.3 is 30.5 Å². The normalized spacial score (nSPS) is 34.8. The first kappa shape index (κ1) is 32.7. The second-order valence-electron chi connectivity index (χ2n) is 13.4. The molecule has 0 bridgehead atoms. The Balaban J connectivity index is 1.17. The van der Waals surface area contributed by atoms with Crippen LogP contribution in [0.4, 0.5) is 0 Å². The first-order valence-electron chi connectivity index (χ1n) is 15.5. The molecule has 0 saturated heterocycles. The van der Waals surface area contributed by atoms with Crippen molar-refractivity contribution in [3.8, 4) is 0 Å². The highest BCUT2D eigenvalue weighted by Gasteiger charge is 2.68. The maximum absolute atomic E-state index is 13.5. The average molecular weight is 624 g/mol. The number of carbonyl (C=O) groups is 5. The lowest BCUT2D eigenvalue weighted by Crippen LogP contribution is -2.61. The summed E-state index contributed by atoms with van der Waals surface area (Å²) in [5.41, 5.74) is -1.94. The summed E-state index contributed by atoms with van der Waals surface area (Å²) in [6.07, 6.45) is 4.24. The van der Waals surface area contributed by atoms with Gasteiger partial charge in [0, 0.05) is 23.2 Å². The molecule has 1 aromatic carbocycles. The Hall–Kier alpha value is -3.67. The van der Waals surface area contributed by atoms with Gasteiger partial charge in [0.1, 0.15) is 11.7 Å². The van der Waals surface area contributed by atoms with Crippen molar-refractivity contribution < 1.29 is 49.1 Å². The van der Waals surface area contributed by atoms with E-state index >= 15 is 0 Å². The summed E-state index contributed by atoms with van der Waals surface area (Å²) in [5, 5.41) is 45.5. The second kappa shape index (κ2) is 12.3. The molecule has 0 heterocycles. The molecule has 4 aliphatic rings. The van der Waals surface area contributed by atoms with Gasteiger partial charge >= 0.3 is 11.9 Å². The van der Waals surface area contributed by atoms with Crippen molar-refractivity contribution in [3.63, 3.8) is 0 Å². The molecular weight excluding hydrogens is 582 g/mol. The van der Waals surface area contributed by atoms with Crippen molar-refractivity contribution in [2.75, 3.05) is 6.61 Å². The number of ketones is 2. The van der Waals surface area contributed by atoms with Gasteiger partial charge in [-0.1, -0.05) is 55.8 Å². The topological polar surface area (TPSA) is 188 Å². The minimum absolute atomic E-state index is 0.0247. The number of benzene rings is 1. The lowest BCUT2D eigenvalue weighted by molar-refractivity contribution is -0.181. The van der Waals surface area contributed by atoms with Crippen LogP contribution in [-0.4, -0.2) is 74.2 Å². The van der Waals surface area contributed by atoms with Crippen molar-refractivity contribution in [1.82, 2.24) is 5.32 Å². The molecule has 45 heavy (non-hydrogen) atoms. The number of amides is 1. The van der Waals surface area contributed by atoms with Crippen LogP contribution in [0.2, 0.25) is 0 Å². The summed E-state index contributed by atoms with van der Waals surface area (Å²) in [5.74, 6) is -4.04. The van der Waals surface area contributed by atoms with Crippen LogP contribution in [0.3, 0.4) is 0 Å². The molecule has 0 unspecified atom stereocenters. The molecule has 3 fully saturated rings. The average Bonchev–Trinajstić information content (AvgIpc) is 3.28. The minimum Gasteiger partial charge on any atom is -0.480 e. The van der Waals surface area contributed by atoms with Gasteiger partial charge in [0.2, 0.25) is 11.7 Å². The lowest BCUT2D eigenvalue weighted by atomic mass is 9.46. The number of carboxylic acids is 1. The van der Waals surface area contributed by atoms with E-state index in [9.17, 15) is 44.4 Å². The maximum atomic E-state index is 13.5. The number of ether oxygens (including phenoxy) is 1. The summed E-state index contributed by atoms with van der Waals surface area (Å²) in [7, 11) is 0. The SMILES string of the molecule is C[C@]12C=CC(=O)C=C1CC[C@@H]1[C@@H]2[C@@H](O)C[C@@]2(C)[C@H]1CC[C@]2(O)C(=O)COC(=O)CCC(=O)N[C@@H](C(=O)O)[C@@H](O)c1ccccc1. The van der Waals surface area contributed by atoms with E-state index in [2.05, 4.69) is 5.32 Å². The lowest BCUT2D eigenvalue weighted by Gasteiger charge is -2.59. The Kier molecular flexibility index (Phi) is 8.91. The van der Waals surface area contributed by atoms with E-state index in [1.165, 1.54) is 12.1 Å². The van der Waals surface area contributed by atoms with E-state index in [4.69, 9.17) is 4.74 Å². The van der Waals surface area contributed by atoms with Crippen LogP contribution in [0.25, 0.3) is 0 Å². The number of hydrogen-bond acceptors (Lipinski definition) is 9. The summed E-state index contributed by atoms with van der Waals surface area (Å²) >= 11 is 0. The third-order valence-electron chi connectivity index (χ3n) is 11.1. The zero-order valence-electron chi connectivity index (χ0n) is 25.5. The van der Waals surface area contributed by atoms with E-state index in [1.54, 1.807) is 30.4 Å². The minimum atomic E-state index is -1.82. The second-order valence-corrected chi connectivity index (χ2v) is 13.4. The predicted octanol–water partition coefficient (Wildman–Crippen LogP) is 2.19. The van der Waals surface area contributed by atoms with Gasteiger partial charge in [-0.25, -0.2) is 4.79 Å². The molecule has 0 aromatic heterocycles. The van der Waals surface area contributed by atoms with Gasteiger partial charge in [0.05, 0.1) is 12.5 Å².